The second-order valence-electron chi connectivity index (χ2n) is 8.35. The highest BCUT2D eigenvalue weighted by molar-refractivity contribution is 6.39. The molecule has 4 rings (SSSR count). The van der Waals surface area contributed by atoms with Crippen LogP contribution in [0.15, 0.2) is 41.5 Å². The monoisotopic (exact) mass is 519 g/mol. The van der Waals surface area contributed by atoms with E-state index < -0.39 is 11.9 Å². The van der Waals surface area contributed by atoms with Crippen LogP contribution in [0.4, 0.5) is 5.69 Å². The molecule has 0 saturated carbocycles. The van der Waals surface area contributed by atoms with Crippen LogP contribution in [0.3, 0.4) is 0 Å². The molecule has 1 atom stereocenters. The molecule has 2 aliphatic rings. The van der Waals surface area contributed by atoms with Gasteiger partial charge in [-0.1, -0.05) is 35.7 Å². The number of nitrogens with two attached hydrogens (primary N) is 1. The second kappa shape index (κ2) is 11.2. The molecule has 0 aromatic heterocycles. The molecular formula is C24H27Cl2N5O4. The average molecular weight is 520 g/mol. The standard InChI is InChI=1S/C24H27Cl2N5O4/c1-34-21-11-15(25)5-7-17(21)20-13-18(24(33)29-30-9-3-2-4-10-30)28-31(20)19-8-6-16(26)12-22(19)35-14-23(27)32/h5-8,11-12,20H,2-4,9-10,13-14H2,1H3,(H2,27,32)(H,29,33). The molecule has 2 aliphatic heterocycles. The summed E-state index contributed by atoms with van der Waals surface area (Å²) in [5.74, 6) is -0.0103. The maximum Gasteiger partial charge on any atom is 0.281 e. The minimum atomic E-state index is -0.627. The van der Waals surface area contributed by atoms with Gasteiger partial charge >= 0.3 is 0 Å². The molecule has 2 amide bonds. The molecular weight excluding hydrogens is 493 g/mol. The third kappa shape index (κ3) is 5.98. The summed E-state index contributed by atoms with van der Waals surface area (Å²) in [6, 6.07) is 9.91. The Kier molecular flexibility index (Phi) is 8.00. The van der Waals surface area contributed by atoms with Crippen molar-refractivity contribution in [2.45, 2.75) is 31.7 Å². The molecule has 1 saturated heterocycles. The van der Waals surface area contributed by atoms with Gasteiger partial charge in [0.05, 0.1) is 13.2 Å². The summed E-state index contributed by atoms with van der Waals surface area (Å²) in [6.07, 6.45) is 3.55. The predicted octanol–water partition coefficient (Wildman–Crippen LogP) is 3.69. The van der Waals surface area contributed by atoms with Crippen molar-refractivity contribution < 1.29 is 19.1 Å². The summed E-state index contributed by atoms with van der Waals surface area (Å²) < 4.78 is 11.2. The predicted molar refractivity (Wildman–Crippen MR) is 135 cm³/mol. The van der Waals surface area contributed by atoms with E-state index in [0.29, 0.717) is 39.4 Å². The van der Waals surface area contributed by atoms with Gasteiger partial charge in [0.15, 0.2) is 6.61 Å². The van der Waals surface area contributed by atoms with E-state index in [1.165, 1.54) is 0 Å². The van der Waals surface area contributed by atoms with Crippen molar-refractivity contribution in [3.63, 3.8) is 0 Å². The zero-order valence-corrected chi connectivity index (χ0v) is 20.8. The van der Waals surface area contributed by atoms with E-state index in [1.807, 2.05) is 11.1 Å². The van der Waals surface area contributed by atoms with Crippen LogP contribution in [0.1, 0.15) is 37.3 Å². The van der Waals surface area contributed by atoms with Crippen LogP contribution in [0.25, 0.3) is 0 Å². The summed E-state index contributed by atoms with van der Waals surface area (Å²) in [5, 5.41) is 9.23. The molecule has 2 heterocycles. The lowest BCUT2D eigenvalue weighted by atomic mass is 10.00. The van der Waals surface area contributed by atoms with Gasteiger partial charge in [0.25, 0.3) is 11.8 Å². The lowest BCUT2D eigenvalue weighted by Crippen LogP contribution is -2.47. The number of methoxy groups -OCH3 is 1. The van der Waals surface area contributed by atoms with Crippen LogP contribution in [0, 0.1) is 0 Å². The first-order chi connectivity index (χ1) is 16.9. The Morgan fingerprint density at radius 3 is 2.46 bits per heavy atom. The van der Waals surface area contributed by atoms with Crippen LogP contribution in [0.2, 0.25) is 10.0 Å². The zero-order valence-electron chi connectivity index (χ0n) is 19.3. The second-order valence-corrected chi connectivity index (χ2v) is 9.23. The molecule has 35 heavy (non-hydrogen) atoms. The van der Waals surface area contributed by atoms with Crippen LogP contribution in [-0.2, 0) is 9.59 Å². The van der Waals surface area contributed by atoms with Crippen molar-refractivity contribution in [2.24, 2.45) is 10.8 Å². The number of nitrogens with zero attached hydrogens (tertiary/aromatic N) is 3. The number of carbonyl (C=O) groups excluding carboxylic acids is 2. The summed E-state index contributed by atoms with van der Waals surface area (Å²) in [6.45, 7) is 1.28. The van der Waals surface area contributed by atoms with E-state index in [-0.39, 0.29) is 12.5 Å². The van der Waals surface area contributed by atoms with Crippen molar-refractivity contribution in [3.8, 4) is 11.5 Å². The number of ether oxygens (including phenoxy) is 2. The van der Waals surface area contributed by atoms with Crippen LogP contribution in [-0.4, -0.2) is 49.3 Å². The van der Waals surface area contributed by atoms with Crippen molar-refractivity contribution in [3.05, 3.63) is 52.0 Å². The number of rotatable bonds is 8. The van der Waals surface area contributed by atoms with Crippen molar-refractivity contribution in [1.82, 2.24) is 10.4 Å². The van der Waals surface area contributed by atoms with Crippen molar-refractivity contribution >= 4 is 46.4 Å². The zero-order chi connectivity index (χ0) is 24.9. The van der Waals surface area contributed by atoms with Crippen LogP contribution < -0.4 is 25.6 Å². The van der Waals surface area contributed by atoms with Gasteiger partial charge in [0.2, 0.25) is 0 Å². The van der Waals surface area contributed by atoms with E-state index in [0.717, 1.165) is 37.9 Å². The van der Waals surface area contributed by atoms with Crippen molar-refractivity contribution in [2.75, 3.05) is 31.8 Å². The Morgan fingerprint density at radius 1 is 1.09 bits per heavy atom. The third-order valence-corrected chi connectivity index (χ3v) is 6.35. The van der Waals surface area contributed by atoms with Crippen LogP contribution in [0.5, 0.6) is 11.5 Å². The Morgan fingerprint density at radius 2 is 1.77 bits per heavy atom. The maximum atomic E-state index is 13.2. The largest absolute Gasteiger partial charge is 0.496 e. The molecule has 0 aliphatic carbocycles. The topological polar surface area (TPSA) is 109 Å². The number of hydrazone groups is 1. The van der Waals surface area contributed by atoms with Gasteiger partial charge in [-0.05, 0) is 37.1 Å². The quantitative estimate of drug-likeness (QED) is 0.550. The summed E-state index contributed by atoms with van der Waals surface area (Å²) in [4.78, 5) is 24.5. The van der Waals surface area contributed by atoms with Gasteiger partial charge in [0.1, 0.15) is 22.9 Å². The number of piperidine rings is 1. The van der Waals surface area contributed by atoms with Gasteiger partial charge in [-0.15, -0.1) is 0 Å². The Balaban J connectivity index is 1.71. The SMILES string of the molecule is COc1cc(Cl)ccc1C1CC(C(=O)NN2CCCCC2)=NN1c1ccc(Cl)cc1OCC(N)=O. The first-order valence-corrected chi connectivity index (χ1v) is 12.1. The van der Waals surface area contributed by atoms with E-state index in [9.17, 15) is 9.59 Å². The Labute approximate surface area is 213 Å². The fourth-order valence-electron chi connectivity index (χ4n) is 4.23. The normalized spacial score (nSPS) is 18.2. The number of nitrogens with one attached hydrogen (secondary N) is 1. The van der Waals surface area contributed by atoms with Crippen molar-refractivity contribution in [1.29, 1.82) is 0 Å². The molecule has 2 aromatic carbocycles. The van der Waals surface area contributed by atoms with E-state index in [1.54, 1.807) is 42.5 Å². The number of hydrogen-bond acceptors (Lipinski definition) is 7. The Hall–Kier alpha value is -3.01. The summed E-state index contributed by atoms with van der Waals surface area (Å²) in [7, 11) is 1.56. The first-order valence-electron chi connectivity index (χ1n) is 11.3. The molecule has 0 spiro atoms. The lowest BCUT2D eigenvalue weighted by Gasteiger charge is -2.27. The molecule has 186 valence electrons. The third-order valence-electron chi connectivity index (χ3n) is 5.88. The molecule has 9 nitrogen and oxygen atoms in total. The molecule has 3 N–H and O–H groups in total. The fraction of sp³-hybridized carbons (Fsp3) is 0.375. The fourth-order valence-corrected chi connectivity index (χ4v) is 4.55. The molecule has 2 aromatic rings. The first kappa shape index (κ1) is 25.1. The number of hydrogen-bond donors (Lipinski definition) is 2. The highest BCUT2D eigenvalue weighted by atomic mass is 35.5. The number of carbonyl (C=O) groups is 2. The van der Waals surface area contributed by atoms with Crippen LogP contribution >= 0.6 is 23.2 Å². The number of amides is 2. The molecule has 0 radical (unpaired) electrons. The number of anilines is 1. The van der Waals surface area contributed by atoms with Gasteiger partial charge in [-0.25, -0.2) is 5.01 Å². The highest BCUT2D eigenvalue weighted by Crippen LogP contribution is 2.43. The lowest BCUT2D eigenvalue weighted by molar-refractivity contribution is -0.120. The van der Waals surface area contributed by atoms with E-state index in [4.69, 9.17) is 38.4 Å². The molecule has 1 fully saturated rings. The molecule has 0 bridgehead atoms. The summed E-state index contributed by atoms with van der Waals surface area (Å²) in [5.41, 5.74) is 9.93. The minimum Gasteiger partial charge on any atom is -0.496 e. The average Bonchev–Trinajstić information content (AvgIpc) is 3.28. The van der Waals surface area contributed by atoms with Gasteiger partial charge in [-0.2, -0.15) is 5.10 Å². The molecule has 11 heteroatoms. The smallest absolute Gasteiger partial charge is 0.281 e. The highest BCUT2D eigenvalue weighted by Gasteiger charge is 2.36. The van der Waals surface area contributed by atoms with E-state index in [2.05, 4.69) is 10.5 Å². The summed E-state index contributed by atoms with van der Waals surface area (Å²) >= 11 is 12.4. The van der Waals surface area contributed by atoms with Gasteiger partial charge in [0, 0.05) is 41.2 Å². The number of benzene rings is 2. The number of primary amides is 1. The Bertz CT molecular complexity index is 1140. The maximum absolute atomic E-state index is 13.2. The van der Waals surface area contributed by atoms with Gasteiger partial charge < -0.3 is 15.2 Å². The van der Waals surface area contributed by atoms with Gasteiger partial charge in [-0.3, -0.25) is 20.0 Å². The number of hydrazine groups is 1. The number of halogens is 2. The minimum absolute atomic E-state index is 0.263. The molecule has 1 unspecified atom stereocenters. The van der Waals surface area contributed by atoms with E-state index >= 15 is 0 Å².